The number of carbonyl (C=O) groups is 1. The maximum absolute atomic E-state index is 13.4. The van der Waals surface area contributed by atoms with Crippen LogP contribution in [0.15, 0.2) is 76.5 Å². The van der Waals surface area contributed by atoms with Crippen molar-refractivity contribution in [1.29, 1.82) is 0 Å². The molecule has 0 fully saturated rings. The number of hydrogen-bond donors (Lipinski definition) is 3. The summed E-state index contributed by atoms with van der Waals surface area (Å²) in [5.74, 6) is -2.74. The predicted molar refractivity (Wildman–Crippen MR) is 116 cm³/mol. The van der Waals surface area contributed by atoms with Crippen molar-refractivity contribution in [2.24, 2.45) is 0 Å². The smallest absolute Gasteiger partial charge is 0.251 e. The van der Waals surface area contributed by atoms with Gasteiger partial charge < -0.3 is 5.32 Å². The van der Waals surface area contributed by atoms with Crippen LogP contribution in [0, 0.1) is 11.6 Å². The number of nitrogens with one attached hydrogen (secondary N) is 1. The summed E-state index contributed by atoms with van der Waals surface area (Å²) in [6.45, 7) is -0.205. The Morgan fingerprint density at radius 3 is 2.31 bits per heavy atom. The normalized spacial score (nSPS) is 18.1. The molecule has 0 saturated carbocycles. The van der Waals surface area contributed by atoms with Crippen LogP contribution in [-0.4, -0.2) is 29.2 Å². The molecule has 3 N–H and O–H groups in total. The Balaban J connectivity index is 1.71. The minimum Gasteiger partial charge on any atom is -0.348 e. The summed E-state index contributed by atoms with van der Waals surface area (Å²) in [7, 11) is -7.47. The van der Waals surface area contributed by atoms with Gasteiger partial charge in [0.05, 0.1) is 15.5 Å². The maximum atomic E-state index is 13.4. The molecule has 3 aromatic carbocycles. The highest BCUT2D eigenvalue weighted by Gasteiger charge is 2.45. The first-order chi connectivity index (χ1) is 15.1. The lowest BCUT2D eigenvalue weighted by Crippen LogP contribution is -2.26. The van der Waals surface area contributed by atoms with Gasteiger partial charge in [0, 0.05) is 23.7 Å². The Morgan fingerprint density at radius 1 is 1.00 bits per heavy atom. The Morgan fingerprint density at radius 2 is 1.66 bits per heavy atom. The summed E-state index contributed by atoms with van der Waals surface area (Å²) in [6, 6.07) is 14.6. The number of hydrogen-bond acceptors (Lipinski definition) is 5. The van der Waals surface area contributed by atoms with Gasteiger partial charge in [-0.3, -0.25) is 13.9 Å². The van der Waals surface area contributed by atoms with Crippen LogP contribution in [0.3, 0.4) is 0 Å². The lowest BCUT2D eigenvalue weighted by atomic mass is 10.0. The lowest BCUT2D eigenvalue weighted by molar-refractivity contribution is 0.0949. The van der Waals surface area contributed by atoms with Gasteiger partial charge in [-0.15, -0.1) is 0 Å². The van der Waals surface area contributed by atoms with Gasteiger partial charge in [0.1, 0.15) is 16.9 Å². The Hall–Kier alpha value is -2.79. The largest absolute Gasteiger partial charge is 0.348 e. The SMILES string of the molecule is O=C(NCc1cc(F)cc(F)c1)c1cccc2c1C(S(=O)(=O)c1ccccc1)CS2(O)O. The summed E-state index contributed by atoms with van der Waals surface area (Å²) in [4.78, 5) is 12.9. The van der Waals surface area contributed by atoms with Crippen molar-refractivity contribution in [2.45, 2.75) is 21.6 Å². The monoisotopic (exact) mass is 479 g/mol. The quantitative estimate of drug-likeness (QED) is 0.499. The van der Waals surface area contributed by atoms with Crippen LogP contribution in [0.1, 0.15) is 26.7 Å². The zero-order chi connectivity index (χ0) is 23.1. The van der Waals surface area contributed by atoms with Gasteiger partial charge in [0.25, 0.3) is 5.91 Å². The van der Waals surface area contributed by atoms with E-state index < -0.39 is 49.0 Å². The third-order valence-electron chi connectivity index (χ3n) is 5.19. The molecule has 0 saturated heterocycles. The van der Waals surface area contributed by atoms with E-state index in [0.717, 1.165) is 12.1 Å². The molecule has 10 heteroatoms. The molecule has 1 heterocycles. The van der Waals surface area contributed by atoms with E-state index in [2.05, 4.69) is 5.32 Å². The van der Waals surface area contributed by atoms with Gasteiger partial charge in [-0.25, -0.2) is 17.2 Å². The summed E-state index contributed by atoms with van der Waals surface area (Å²) in [5.41, 5.74) is 0.168. The summed E-state index contributed by atoms with van der Waals surface area (Å²) < 4.78 is 74.5. The fraction of sp³-hybridized carbons (Fsp3) is 0.136. The van der Waals surface area contributed by atoms with E-state index in [0.29, 0.717) is 6.07 Å². The molecule has 0 aliphatic carbocycles. The molecular weight excluding hydrogens is 460 g/mol. The van der Waals surface area contributed by atoms with Crippen molar-refractivity contribution < 1.29 is 31.1 Å². The summed E-state index contributed by atoms with van der Waals surface area (Å²) in [5, 5.41) is 1.18. The van der Waals surface area contributed by atoms with Gasteiger partial charge in [-0.2, -0.15) is 10.6 Å². The molecule has 1 unspecified atom stereocenters. The van der Waals surface area contributed by atoms with E-state index in [1.54, 1.807) is 18.2 Å². The van der Waals surface area contributed by atoms with Crippen LogP contribution in [0.4, 0.5) is 8.78 Å². The topological polar surface area (TPSA) is 104 Å². The van der Waals surface area contributed by atoms with E-state index in [1.165, 1.54) is 30.3 Å². The van der Waals surface area contributed by atoms with Crippen LogP contribution in [0.25, 0.3) is 0 Å². The zero-order valence-electron chi connectivity index (χ0n) is 16.5. The standard InChI is InChI=1S/C22H19F2NO5S2/c23-15-9-14(10-16(24)11-15)12-25-22(26)18-7-4-8-19-21(18)20(13-31(19,27)28)32(29,30)17-5-2-1-3-6-17/h1-11,20,27-28H,12-13H2,(H,25,26). The molecule has 32 heavy (non-hydrogen) atoms. The number of halogens is 2. The number of benzene rings is 3. The second-order valence-corrected chi connectivity index (χ2v) is 11.6. The molecule has 1 aliphatic heterocycles. The average molecular weight is 480 g/mol. The molecule has 0 bridgehead atoms. The summed E-state index contributed by atoms with van der Waals surface area (Å²) in [6.07, 6.45) is 0. The molecule has 0 aromatic heterocycles. The molecule has 0 radical (unpaired) electrons. The molecular formula is C22H19F2NO5S2. The molecule has 1 amide bonds. The van der Waals surface area contributed by atoms with Crippen molar-refractivity contribution in [3.8, 4) is 0 Å². The van der Waals surface area contributed by atoms with Crippen molar-refractivity contribution in [2.75, 3.05) is 5.75 Å². The highest BCUT2D eigenvalue weighted by molar-refractivity contribution is 8.25. The zero-order valence-corrected chi connectivity index (χ0v) is 18.2. The van der Waals surface area contributed by atoms with E-state index in [-0.39, 0.29) is 33.0 Å². The van der Waals surface area contributed by atoms with Crippen LogP contribution in [-0.2, 0) is 16.4 Å². The van der Waals surface area contributed by atoms with Crippen molar-refractivity contribution in [1.82, 2.24) is 5.32 Å². The molecule has 1 atom stereocenters. The second-order valence-electron chi connectivity index (χ2n) is 7.36. The third kappa shape index (κ3) is 4.14. The molecule has 4 rings (SSSR count). The Labute approximate surface area is 185 Å². The highest BCUT2D eigenvalue weighted by Crippen LogP contribution is 2.62. The number of amides is 1. The maximum Gasteiger partial charge on any atom is 0.251 e. The molecule has 168 valence electrons. The van der Waals surface area contributed by atoms with Gasteiger partial charge in [0.15, 0.2) is 9.84 Å². The highest BCUT2D eigenvalue weighted by atomic mass is 32.3. The molecule has 3 aromatic rings. The van der Waals surface area contributed by atoms with Crippen LogP contribution < -0.4 is 5.32 Å². The van der Waals surface area contributed by atoms with E-state index in [9.17, 15) is 31.1 Å². The fourth-order valence-electron chi connectivity index (χ4n) is 3.75. The van der Waals surface area contributed by atoms with E-state index in [4.69, 9.17) is 0 Å². The van der Waals surface area contributed by atoms with E-state index in [1.807, 2.05) is 0 Å². The first kappa shape index (κ1) is 22.4. The van der Waals surface area contributed by atoms with E-state index >= 15 is 0 Å². The predicted octanol–water partition coefficient (Wildman–Crippen LogP) is 4.53. The average Bonchev–Trinajstić information content (AvgIpc) is 3.04. The van der Waals surface area contributed by atoms with Crippen molar-refractivity contribution in [3.05, 3.63) is 95.1 Å². The number of carbonyl (C=O) groups excluding carboxylic acids is 1. The lowest BCUT2D eigenvalue weighted by Gasteiger charge is -2.27. The second kappa shape index (κ2) is 8.28. The van der Waals surface area contributed by atoms with Crippen molar-refractivity contribution >= 4 is 26.3 Å². The molecule has 6 nitrogen and oxygen atoms in total. The van der Waals surface area contributed by atoms with Crippen molar-refractivity contribution in [3.63, 3.8) is 0 Å². The minimum atomic E-state index is -4.04. The molecule has 0 spiro atoms. The summed E-state index contributed by atoms with van der Waals surface area (Å²) >= 11 is 0. The van der Waals surface area contributed by atoms with Gasteiger partial charge in [-0.1, -0.05) is 24.3 Å². The number of sulfone groups is 1. The van der Waals surface area contributed by atoms with Gasteiger partial charge >= 0.3 is 0 Å². The van der Waals surface area contributed by atoms with Gasteiger partial charge in [-0.05, 0) is 42.0 Å². The minimum absolute atomic E-state index is 0.00139. The van der Waals surface area contributed by atoms with Gasteiger partial charge in [0.2, 0.25) is 0 Å². The fourth-order valence-corrected chi connectivity index (χ4v) is 8.21. The number of fused-ring (bicyclic) bond motifs is 1. The Bertz CT molecular complexity index is 1280. The van der Waals surface area contributed by atoms with Crippen LogP contribution in [0.2, 0.25) is 0 Å². The first-order valence-corrected chi connectivity index (χ1v) is 12.8. The third-order valence-corrected chi connectivity index (χ3v) is 9.34. The Kier molecular flexibility index (Phi) is 5.80. The molecule has 1 aliphatic rings. The number of rotatable bonds is 5. The van der Waals surface area contributed by atoms with Crippen LogP contribution >= 0.6 is 10.6 Å². The van der Waals surface area contributed by atoms with Crippen LogP contribution in [0.5, 0.6) is 0 Å². The first-order valence-electron chi connectivity index (χ1n) is 9.50.